The van der Waals surface area contributed by atoms with E-state index in [0.29, 0.717) is 36.6 Å². The van der Waals surface area contributed by atoms with Crippen LogP contribution in [-0.4, -0.2) is 66.4 Å². The van der Waals surface area contributed by atoms with Gasteiger partial charge >= 0.3 is 0 Å². The molecule has 2 aliphatic heterocycles. The zero-order valence-corrected chi connectivity index (χ0v) is 14.3. The monoisotopic (exact) mass is 342 g/mol. The summed E-state index contributed by atoms with van der Waals surface area (Å²) in [5, 5.41) is 1.07. The van der Waals surface area contributed by atoms with E-state index in [0.717, 1.165) is 36.9 Å². The first-order valence-corrected chi connectivity index (χ1v) is 10.7. The molecule has 0 radical (unpaired) electrons. The maximum atomic E-state index is 11.5. The highest BCUT2D eigenvalue weighted by Crippen LogP contribution is 2.40. The van der Waals surface area contributed by atoms with Gasteiger partial charge in [-0.1, -0.05) is 0 Å². The number of hydrogen-bond donors (Lipinski definition) is 0. The van der Waals surface area contributed by atoms with Crippen molar-refractivity contribution < 1.29 is 8.42 Å². The largest absolute Gasteiger partial charge is 0.347 e. The van der Waals surface area contributed by atoms with Gasteiger partial charge < -0.3 is 4.90 Å². The van der Waals surface area contributed by atoms with E-state index in [1.807, 2.05) is 0 Å². The molecule has 3 heterocycles. The van der Waals surface area contributed by atoms with Gasteiger partial charge in [0, 0.05) is 49.7 Å². The molecule has 1 aliphatic carbocycles. The highest BCUT2D eigenvalue weighted by molar-refractivity contribution is 7.91. The Balaban J connectivity index is 1.32. The minimum absolute atomic E-state index is 0.328. The molecule has 1 aromatic heterocycles. The molecule has 0 spiro atoms. The number of piperidine rings is 1. The lowest BCUT2D eigenvalue weighted by Crippen LogP contribution is -2.50. The molecular weight excluding hydrogens is 320 g/mol. The topological polar surface area (TPSA) is 66.4 Å². The summed E-state index contributed by atoms with van der Waals surface area (Å²) in [4.78, 5) is 9.41. The summed E-state index contributed by atoms with van der Waals surface area (Å²) in [5.74, 6) is 2.32. The summed E-state index contributed by atoms with van der Waals surface area (Å²) in [7, 11) is -2.78. The summed E-state index contributed by atoms with van der Waals surface area (Å²) in [5.41, 5.74) is 0. The fraction of sp³-hybridized carbons (Fsp3) is 0.857. The van der Waals surface area contributed by atoms with Gasteiger partial charge in [0.2, 0.25) is 5.13 Å². The molecule has 3 fully saturated rings. The Morgan fingerprint density at radius 1 is 1.00 bits per heavy atom. The Morgan fingerprint density at radius 2 is 1.68 bits per heavy atom. The quantitative estimate of drug-likeness (QED) is 0.820. The number of hydrogen-bond acceptors (Lipinski definition) is 7. The van der Waals surface area contributed by atoms with Crippen LogP contribution in [0.4, 0.5) is 5.13 Å². The molecule has 8 heteroatoms. The van der Waals surface area contributed by atoms with Gasteiger partial charge in [-0.25, -0.2) is 13.4 Å². The zero-order valence-electron chi connectivity index (χ0n) is 12.6. The van der Waals surface area contributed by atoms with Crippen LogP contribution < -0.4 is 4.90 Å². The first-order chi connectivity index (χ1) is 10.6. The van der Waals surface area contributed by atoms with Gasteiger partial charge in [-0.3, -0.25) is 4.90 Å². The number of sulfone groups is 1. The van der Waals surface area contributed by atoms with E-state index in [9.17, 15) is 8.42 Å². The molecule has 0 amide bonds. The summed E-state index contributed by atoms with van der Waals surface area (Å²) in [6.07, 6.45) is 4.68. The van der Waals surface area contributed by atoms with Crippen molar-refractivity contribution >= 4 is 26.5 Å². The Kier molecular flexibility index (Phi) is 3.86. The zero-order chi connectivity index (χ0) is 15.2. The van der Waals surface area contributed by atoms with E-state index in [-0.39, 0.29) is 0 Å². The summed E-state index contributed by atoms with van der Waals surface area (Å²) in [6.45, 7) is 3.43. The van der Waals surface area contributed by atoms with E-state index < -0.39 is 9.84 Å². The molecule has 0 N–H and O–H groups in total. The van der Waals surface area contributed by atoms with Gasteiger partial charge in [-0.15, -0.1) is 0 Å². The second kappa shape index (κ2) is 5.72. The van der Waals surface area contributed by atoms with E-state index in [2.05, 4.69) is 14.2 Å². The van der Waals surface area contributed by atoms with Crippen LogP contribution in [0.5, 0.6) is 0 Å². The predicted molar refractivity (Wildman–Crippen MR) is 87.3 cm³/mol. The molecule has 6 nitrogen and oxygen atoms in total. The number of anilines is 1. The van der Waals surface area contributed by atoms with Crippen molar-refractivity contribution in [2.24, 2.45) is 0 Å². The molecule has 0 unspecified atom stereocenters. The van der Waals surface area contributed by atoms with Gasteiger partial charge in [0.1, 0.15) is 5.82 Å². The average Bonchev–Trinajstić information content (AvgIpc) is 3.25. The second-order valence-electron chi connectivity index (χ2n) is 6.62. The van der Waals surface area contributed by atoms with Crippen LogP contribution in [0.25, 0.3) is 0 Å². The maximum Gasteiger partial charge on any atom is 0.205 e. The smallest absolute Gasteiger partial charge is 0.205 e. The van der Waals surface area contributed by atoms with Crippen molar-refractivity contribution in [2.75, 3.05) is 42.6 Å². The van der Waals surface area contributed by atoms with E-state index in [1.165, 1.54) is 24.4 Å². The molecule has 0 atom stereocenters. The van der Waals surface area contributed by atoms with Gasteiger partial charge in [0.15, 0.2) is 9.84 Å². The Hall–Kier alpha value is -0.730. The molecule has 1 aromatic rings. The van der Waals surface area contributed by atoms with E-state index >= 15 is 0 Å². The van der Waals surface area contributed by atoms with Crippen molar-refractivity contribution in [3.63, 3.8) is 0 Å². The second-order valence-corrected chi connectivity index (χ2v) is 9.65. The molecule has 0 aromatic carbocycles. The Labute approximate surface area is 135 Å². The van der Waals surface area contributed by atoms with Crippen LogP contribution in [0, 0.1) is 0 Å². The third-order valence-electron chi connectivity index (χ3n) is 5.00. The third kappa shape index (κ3) is 3.14. The Bertz CT molecular complexity index is 619. The fourth-order valence-electron chi connectivity index (χ4n) is 3.38. The minimum atomic E-state index is -2.78. The molecule has 3 aliphatic rings. The number of rotatable bonds is 3. The van der Waals surface area contributed by atoms with Crippen LogP contribution in [0.15, 0.2) is 0 Å². The fourth-order valence-corrected chi connectivity index (χ4v) is 5.40. The molecule has 1 saturated carbocycles. The average molecular weight is 342 g/mol. The van der Waals surface area contributed by atoms with Crippen LogP contribution in [0.2, 0.25) is 0 Å². The third-order valence-corrected chi connectivity index (χ3v) is 7.40. The van der Waals surface area contributed by atoms with E-state index in [1.54, 1.807) is 0 Å². The molecule has 2 saturated heterocycles. The first-order valence-electron chi connectivity index (χ1n) is 8.14. The van der Waals surface area contributed by atoms with Crippen molar-refractivity contribution in [3.8, 4) is 0 Å². The van der Waals surface area contributed by atoms with Crippen molar-refractivity contribution in [1.82, 2.24) is 14.3 Å². The van der Waals surface area contributed by atoms with Crippen molar-refractivity contribution in [1.29, 1.82) is 0 Å². The highest BCUT2D eigenvalue weighted by Gasteiger charge is 2.32. The van der Waals surface area contributed by atoms with Crippen LogP contribution in [0.1, 0.15) is 37.4 Å². The number of aromatic nitrogens is 2. The number of nitrogens with zero attached hydrogens (tertiary/aromatic N) is 4. The van der Waals surface area contributed by atoms with Gasteiger partial charge in [-0.2, -0.15) is 4.37 Å². The molecular formula is C14H22N4O2S2. The maximum absolute atomic E-state index is 11.5. The van der Waals surface area contributed by atoms with Crippen LogP contribution in [-0.2, 0) is 9.84 Å². The SMILES string of the molecule is O=S1(=O)CCN(C2CCN(c3nc(C4CC4)ns3)CC2)CC1. The molecule has 22 heavy (non-hydrogen) atoms. The van der Waals surface area contributed by atoms with Gasteiger partial charge in [0.05, 0.1) is 11.5 Å². The highest BCUT2D eigenvalue weighted by atomic mass is 32.2. The summed E-state index contributed by atoms with van der Waals surface area (Å²) < 4.78 is 27.5. The normalized spacial score (nSPS) is 27.2. The standard InChI is InChI=1S/C14H22N4O2S2/c19-22(20)9-7-17(8-10-22)12-3-5-18(6-4-12)14-15-13(16-21-14)11-1-2-11/h11-12H,1-10H2. The lowest BCUT2D eigenvalue weighted by Gasteiger charge is -2.39. The molecule has 0 bridgehead atoms. The lowest BCUT2D eigenvalue weighted by molar-refractivity contribution is 0.182. The first kappa shape index (κ1) is 14.8. The van der Waals surface area contributed by atoms with E-state index in [4.69, 9.17) is 4.98 Å². The van der Waals surface area contributed by atoms with Crippen LogP contribution >= 0.6 is 11.5 Å². The Morgan fingerprint density at radius 3 is 2.32 bits per heavy atom. The van der Waals surface area contributed by atoms with Crippen LogP contribution in [0.3, 0.4) is 0 Å². The van der Waals surface area contributed by atoms with Crippen molar-refractivity contribution in [2.45, 2.75) is 37.6 Å². The minimum Gasteiger partial charge on any atom is -0.347 e. The predicted octanol–water partition coefficient (Wildman–Crippen LogP) is 1.11. The summed E-state index contributed by atoms with van der Waals surface area (Å²) in [6, 6.07) is 0.530. The molecule has 4 rings (SSSR count). The molecule has 122 valence electrons. The van der Waals surface area contributed by atoms with Crippen molar-refractivity contribution in [3.05, 3.63) is 5.82 Å². The van der Waals surface area contributed by atoms with Gasteiger partial charge in [-0.05, 0) is 25.7 Å². The summed E-state index contributed by atoms with van der Waals surface area (Å²) >= 11 is 1.53. The van der Waals surface area contributed by atoms with Gasteiger partial charge in [0.25, 0.3) is 0 Å². The lowest BCUT2D eigenvalue weighted by atomic mass is 10.0.